The second kappa shape index (κ2) is 7.75. The number of ether oxygens (including phenoxy) is 1. The zero-order chi connectivity index (χ0) is 16.8. The van der Waals surface area contributed by atoms with E-state index in [2.05, 4.69) is 10.3 Å². The molecule has 4 nitrogen and oxygen atoms in total. The van der Waals surface area contributed by atoms with E-state index in [-0.39, 0.29) is 5.91 Å². The SMILES string of the molecule is COc1ccc(CCNC(=O)c2cnc(-c3ccccc3)s2)cc1. The van der Waals surface area contributed by atoms with E-state index < -0.39 is 0 Å². The lowest BCUT2D eigenvalue weighted by Gasteiger charge is -2.05. The van der Waals surface area contributed by atoms with Crippen LogP contribution in [-0.2, 0) is 6.42 Å². The lowest BCUT2D eigenvalue weighted by Crippen LogP contribution is -2.24. The summed E-state index contributed by atoms with van der Waals surface area (Å²) in [7, 11) is 1.65. The van der Waals surface area contributed by atoms with Gasteiger partial charge in [0.15, 0.2) is 0 Å². The average Bonchev–Trinajstić information content (AvgIpc) is 3.13. The smallest absolute Gasteiger partial charge is 0.263 e. The Morgan fingerprint density at radius 1 is 1.12 bits per heavy atom. The molecule has 1 N–H and O–H groups in total. The van der Waals surface area contributed by atoms with E-state index in [9.17, 15) is 4.79 Å². The van der Waals surface area contributed by atoms with Crippen LogP contribution < -0.4 is 10.1 Å². The molecule has 1 amide bonds. The lowest BCUT2D eigenvalue weighted by atomic mass is 10.1. The molecule has 1 aromatic heterocycles. The quantitative estimate of drug-likeness (QED) is 0.744. The van der Waals surface area contributed by atoms with Crippen LogP contribution in [0.15, 0.2) is 60.8 Å². The normalized spacial score (nSPS) is 10.4. The van der Waals surface area contributed by atoms with Gasteiger partial charge in [-0.15, -0.1) is 11.3 Å². The Labute approximate surface area is 145 Å². The summed E-state index contributed by atoms with van der Waals surface area (Å²) in [6.45, 7) is 0.587. The van der Waals surface area contributed by atoms with Crippen molar-refractivity contribution in [3.63, 3.8) is 0 Å². The summed E-state index contributed by atoms with van der Waals surface area (Å²) in [5.41, 5.74) is 2.19. The number of hydrogen-bond donors (Lipinski definition) is 1. The second-order valence-electron chi connectivity index (χ2n) is 5.25. The van der Waals surface area contributed by atoms with E-state index >= 15 is 0 Å². The van der Waals surface area contributed by atoms with Crippen molar-refractivity contribution in [1.29, 1.82) is 0 Å². The van der Waals surface area contributed by atoms with Crippen LogP contribution in [-0.4, -0.2) is 24.5 Å². The zero-order valence-corrected chi connectivity index (χ0v) is 14.2. The maximum atomic E-state index is 12.2. The van der Waals surface area contributed by atoms with Gasteiger partial charge in [-0.05, 0) is 24.1 Å². The Kier molecular flexibility index (Phi) is 5.23. The molecule has 24 heavy (non-hydrogen) atoms. The fourth-order valence-electron chi connectivity index (χ4n) is 2.29. The number of hydrogen-bond acceptors (Lipinski definition) is 4. The first-order valence-electron chi connectivity index (χ1n) is 7.68. The summed E-state index contributed by atoms with van der Waals surface area (Å²) in [5, 5.41) is 3.80. The monoisotopic (exact) mass is 338 g/mol. The number of benzene rings is 2. The van der Waals surface area contributed by atoms with Crippen LogP contribution in [0.1, 0.15) is 15.2 Å². The van der Waals surface area contributed by atoms with Crippen molar-refractivity contribution in [1.82, 2.24) is 10.3 Å². The summed E-state index contributed by atoms with van der Waals surface area (Å²) in [4.78, 5) is 17.2. The standard InChI is InChI=1S/C19H18N2O2S/c1-23-16-9-7-14(8-10-16)11-12-20-18(22)17-13-21-19(24-17)15-5-3-2-4-6-15/h2-10,13H,11-12H2,1H3,(H,20,22). The number of carbonyl (C=O) groups is 1. The van der Waals surface area contributed by atoms with Crippen LogP contribution in [0.25, 0.3) is 10.6 Å². The van der Waals surface area contributed by atoms with Crippen LogP contribution in [0.5, 0.6) is 5.75 Å². The molecule has 0 fully saturated rings. The molecular formula is C19H18N2O2S. The van der Waals surface area contributed by atoms with Crippen molar-refractivity contribution < 1.29 is 9.53 Å². The predicted octanol–water partition coefficient (Wildman–Crippen LogP) is 3.79. The van der Waals surface area contributed by atoms with E-state index in [0.29, 0.717) is 11.4 Å². The van der Waals surface area contributed by atoms with Gasteiger partial charge >= 0.3 is 0 Å². The van der Waals surface area contributed by atoms with Gasteiger partial charge in [0.1, 0.15) is 15.6 Å². The van der Waals surface area contributed by atoms with Crippen LogP contribution in [0, 0.1) is 0 Å². The molecule has 0 bridgehead atoms. The summed E-state index contributed by atoms with van der Waals surface area (Å²) < 4.78 is 5.13. The Morgan fingerprint density at radius 3 is 2.58 bits per heavy atom. The maximum absolute atomic E-state index is 12.2. The molecule has 0 saturated carbocycles. The van der Waals surface area contributed by atoms with Gasteiger partial charge in [0.2, 0.25) is 0 Å². The highest BCUT2D eigenvalue weighted by Gasteiger charge is 2.11. The molecule has 0 aliphatic heterocycles. The van der Waals surface area contributed by atoms with Crippen molar-refractivity contribution in [2.24, 2.45) is 0 Å². The second-order valence-corrected chi connectivity index (χ2v) is 6.28. The minimum atomic E-state index is -0.0804. The minimum Gasteiger partial charge on any atom is -0.497 e. The van der Waals surface area contributed by atoms with Gasteiger partial charge in [-0.3, -0.25) is 4.79 Å². The first-order valence-corrected chi connectivity index (χ1v) is 8.50. The molecule has 0 saturated heterocycles. The number of methoxy groups -OCH3 is 1. The third kappa shape index (κ3) is 4.00. The highest BCUT2D eigenvalue weighted by Crippen LogP contribution is 2.24. The molecule has 3 aromatic rings. The summed E-state index contributed by atoms with van der Waals surface area (Å²) >= 11 is 1.41. The van der Waals surface area contributed by atoms with Crippen LogP contribution in [0.2, 0.25) is 0 Å². The minimum absolute atomic E-state index is 0.0804. The molecule has 5 heteroatoms. The Balaban J connectivity index is 1.54. The van der Waals surface area contributed by atoms with Gasteiger partial charge in [0.25, 0.3) is 5.91 Å². The largest absolute Gasteiger partial charge is 0.497 e. The van der Waals surface area contributed by atoms with Crippen molar-refractivity contribution in [3.8, 4) is 16.3 Å². The Morgan fingerprint density at radius 2 is 1.88 bits per heavy atom. The van der Waals surface area contributed by atoms with E-state index in [1.807, 2.05) is 54.6 Å². The molecule has 0 aliphatic carbocycles. The number of nitrogens with one attached hydrogen (secondary N) is 1. The number of nitrogens with zero attached hydrogens (tertiary/aromatic N) is 1. The predicted molar refractivity (Wildman–Crippen MR) is 96.6 cm³/mol. The van der Waals surface area contributed by atoms with Crippen molar-refractivity contribution in [2.75, 3.05) is 13.7 Å². The summed E-state index contributed by atoms with van der Waals surface area (Å²) in [5.74, 6) is 0.754. The molecule has 1 heterocycles. The van der Waals surface area contributed by atoms with Crippen LogP contribution >= 0.6 is 11.3 Å². The fraction of sp³-hybridized carbons (Fsp3) is 0.158. The Hall–Kier alpha value is -2.66. The number of thiazole rings is 1. The van der Waals surface area contributed by atoms with Gasteiger partial charge in [0, 0.05) is 12.1 Å². The molecule has 0 radical (unpaired) electrons. The molecule has 3 rings (SSSR count). The maximum Gasteiger partial charge on any atom is 0.263 e. The lowest BCUT2D eigenvalue weighted by molar-refractivity contribution is 0.0958. The van der Waals surface area contributed by atoms with Crippen LogP contribution in [0.3, 0.4) is 0 Å². The Bertz CT molecular complexity index is 798. The average molecular weight is 338 g/mol. The van der Waals surface area contributed by atoms with Crippen molar-refractivity contribution >= 4 is 17.2 Å². The molecule has 0 aliphatic rings. The third-order valence-corrected chi connectivity index (χ3v) is 4.65. The highest BCUT2D eigenvalue weighted by atomic mass is 32.1. The van der Waals surface area contributed by atoms with Gasteiger partial charge in [-0.25, -0.2) is 4.98 Å². The fourth-order valence-corrected chi connectivity index (χ4v) is 3.13. The molecule has 0 atom stereocenters. The zero-order valence-electron chi connectivity index (χ0n) is 13.4. The van der Waals surface area contributed by atoms with E-state index in [0.717, 1.165) is 28.3 Å². The van der Waals surface area contributed by atoms with E-state index in [1.54, 1.807) is 13.3 Å². The molecular weight excluding hydrogens is 320 g/mol. The third-order valence-electron chi connectivity index (χ3n) is 3.61. The van der Waals surface area contributed by atoms with Crippen molar-refractivity contribution in [2.45, 2.75) is 6.42 Å². The highest BCUT2D eigenvalue weighted by molar-refractivity contribution is 7.16. The van der Waals surface area contributed by atoms with Gasteiger partial charge < -0.3 is 10.1 Å². The number of rotatable bonds is 6. The van der Waals surface area contributed by atoms with Gasteiger partial charge in [-0.2, -0.15) is 0 Å². The summed E-state index contributed by atoms with van der Waals surface area (Å²) in [6, 6.07) is 17.7. The topological polar surface area (TPSA) is 51.2 Å². The van der Waals surface area contributed by atoms with E-state index in [1.165, 1.54) is 11.3 Å². The molecule has 0 spiro atoms. The molecule has 2 aromatic carbocycles. The van der Waals surface area contributed by atoms with E-state index in [4.69, 9.17) is 4.74 Å². The summed E-state index contributed by atoms with van der Waals surface area (Å²) in [6.07, 6.45) is 2.41. The van der Waals surface area contributed by atoms with Gasteiger partial charge in [0.05, 0.1) is 13.3 Å². The van der Waals surface area contributed by atoms with Crippen molar-refractivity contribution in [3.05, 3.63) is 71.2 Å². The van der Waals surface area contributed by atoms with Crippen LogP contribution in [0.4, 0.5) is 0 Å². The molecule has 0 unspecified atom stereocenters. The number of aromatic nitrogens is 1. The number of carbonyl (C=O) groups excluding carboxylic acids is 1. The molecule has 122 valence electrons. The first kappa shape index (κ1) is 16.2. The first-order chi connectivity index (χ1) is 11.8. The number of amides is 1. The van der Waals surface area contributed by atoms with Gasteiger partial charge in [-0.1, -0.05) is 42.5 Å².